The van der Waals surface area contributed by atoms with Crippen LogP contribution in [0, 0.1) is 0 Å². The fourth-order valence-electron chi connectivity index (χ4n) is 1.95. The van der Waals surface area contributed by atoms with Crippen molar-refractivity contribution >= 4 is 12.6 Å². The third kappa shape index (κ3) is 9.53. The molecule has 0 aliphatic rings. The normalized spacial score (nSPS) is 15.0. The maximum atomic E-state index is 9.71. The standard InChI is InChI=1S/C14H30OS/c1-3-5-6-7-8-9-10-11-12-13(15)14(16)4-2/h13-16H,3-12H2,1-2H3. The van der Waals surface area contributed by atoms with E-state index in [1.165, 1.54) is 44.9 Å². The molecular weight excluding hydrogens is 216 g/mol. The van der Waals surface area contributed by atoms with Crippen LogP contribution in [0.1, 0.15) is 78.1 Å². The van der Waals surface area contributed by atoms with Crippen LogP contribution in [-0.2, 0) is 0 Å². The van der Waals surface area contributed by atoms with E-state index in [9.17, 15) is 5.11 Å². The summed E-state index contributed by atoms with van der Waals surface area (Å²) in [6.07, 6.45) is 12.3. The fraction of sp³-hybridized carbons (Fsp3) is 1.00. The molecule has 0 bridgehead atoms. The molecule has 1 N–H and O–H groups in total. The summed E-state index contributed by atoms with van der Waals surface area (Å²) in [5, 5.41) is 9.88. The van der Waals surface area contributed by atoms with Crippen molar-refractivity contribution < 1.29 is 5.11 Å². The maximum absolute atomic E-state index is 9.71. The smallest absolute Gasteiger partial charge is 0.0656 e. The molecular formula is C14H30OS. The van der Waals surface area contributed by atoms with Crippen molar-refractivity contribution in [1.29, 1.82) is 0 Å². The molecule has 16 heavy (non-hydrogen) atoms. The van der Waals surface area contributed by atoms with Crippen molar-refractivity contribution in [2.24, 2.45) is 0 Å². The Balaban J connectivity index is 3.14. The maximum Gasteiger partial charge on any atom is 0.0656 e. The first kappa shape index (κ1) is 16.3. The highest BCUT2D eigenvalue weighted by Crippen LogP contribution is 2.15. The van der Waals surface area contributed by atoms with E-state index in [1.54, 1.807) is 0 Å². The third-order valence-electron chi connectivity index (χ3n) is 3.22. The van der Waals surface area contributed by atoms with Gasteiger partial charge in [0.25, 0.3) is 0 Å². The molecule has 0 aliphatic carbocycles. The van der Waals surface area contributed by atoms with E-state index < -0.39 is 0 Å². The third-order valence-corrected chi connectivity index (χ3v) is 3.93. The number of hydrogen-bond donors (Lipinski definition) is 2. The first-order valence-corrected chi connectivity index (χ1v) is 7.60. The monoisotopic (exact) mass is 246 g/mol. The Morgan fingerprint density at radius 2 is 1.38 bits per heavy atom. The van der Waals surface area contributed by atoms with Gasteiger partial charge in [0.15, 0.2) is 0 Å². The second kappa shape index (κ2) is 11.8. The number of aliphatic hydroxyl groups excluding tert-OH is 1. The summed E-state index contributed by atoms with van der Waals surface area (Å²) in [7, 11) is 0. The number of aliphatic hydroxyl groups is 1. The van der Waals surface area contributed by atoms with Gasteiger partial charge in [-0.25, -0.2) is 0 Å². The van der Waals surface area contributed by atoms with Crippen molar-refractivity contribution in [1.82, 2.24) is 0 Å². The lowest BCUT2D eigenvalue weighted by Gasteiger charge is -2.15. The van der Waals surface area contributed by atoms with Gasteiger partial charge >= 0.3 is 0 Å². The van der Waals surface area contributed by atoms with Crippen LogP contribution in [0.4, 0.5) is 0 Å². The fourth-order valence-corrected chi connectivity index (χ4v) is 2.10. The van der Waals surface area contributed by atoms with Crippen LogP contribution < -0.4 is 0 Å². The lowest BCUT2D eigenvalue weighted by Crippen LogP contribution is -2.19. The largest absolute Gasteiger partial charge is 0.392 e. The molecule has 0 aromatic heterocycles. The molecule has 2 unspecified atom stereocenters. The van der Waals surface area contributed by atoms with Gasteiger partial charge in [0.1, 0.15) is 0 Å². The Labute approximate surface area is 107 Å². The highest BCUT2D eigenvalue weighted by Gasteiger charge is 2.11. The van der Waals surface area contributed by atoms with Crippen molar-refractivity contribution in [3.63, 3.8) is 0 Å². The molecule has 0 aromatic carbocycles. The van der Waals surface area contributed by atoms with Crippen LogP contribution in [0.2, 0.25) is 0 Å². The Morgan fingerprint density at radius 3 is 1.88 bits per heavy atom. The van der Waals surface area contributed by atoms with Crippen molar-refractivity contribution in [3.05, 3.63) is 0 Å². The molecule has 0 heterocycles. The van der Waals surface area contributed by atoms with Crippen LogP contribution in [0.5, 0.6) is 0 Å². The zero-order valence-corrected chi connectivity index (χ0v) is 12.0. The van der Waals surface area contributed by atoms with Crippen molar-refractivity contribution in [3.8, 4) is 0 Å². The van der Waals surface area contributed by atoms with E-state index in [-0.39, 0.29) is 11.4 Å². The Bertz CT molecular complexity index is 139. The number of rotatable bonds is 11. The average molecular weight is 246 g/mol. The van der Waals surface area contributed by atoms with E-state index in [2.05, 4.69) is 26.5 Å². The Hall–Kier alpha value is 0.310. The molecule has 0 aliphatic heterocycles. The number of thiol groups is 1. The Kier molecular flexibility index (Phi) is 12.0. The van der Waals surface area contributed by atoms with Gasteiger partial charge in [0, 0.05) is 5.25 Å². The van der Waals surface area contributed by atoms with E-state index in [0.29, 0.717) is 0 Å². The van der Waals surface area contributed by atoms with Gasteiger partial charge in [-0.05, 0) is 12.8 Å². The van der Waals surface area contributed by atoms with Crippen molar-refractivity contribution in [2.75, 3.05) is 0 Å². The summed E-state index contributed by atoms with van der Waals surface area (Å²) < 4.78 is 0. The van der Waals surface area contributed by atoms with E-state index >= 15 is 0 Å². The van der Waals surface area contributed by atoms with Gasteiger partial charge in [-0.3, -0.25) is 0 Å². The number of unbranched alkanes of at least 4 members (excludes halogenated alkanes) is 7. The molecule has 0 fully saturated rings. The highest BCUT2D eigenvalue weighted by molar-refractivity contribution is 7.81. The first-order chi connectivity index (χ1) is 7.72. The molecule has 1 nitrogen and oxygen atoms in total. The van der Waals surface area contributed by atoms with Crippen LogP contribution in [0.3, 0.4) is 0 Å². The van der Waals surface area contributed by atoms with Gasteiger partial charge in [0.05, 0.1) is 6.10 Å². The summed E-state index contributed by atoms with van der Waals surface area (Å²) in [5.74, 6) is 0. The molecule has 98 valence electrons. The second-order valence-electron chi connectivity index (χ2n) is 4.81. The topological polar surface area (TPSA) is 20.2 Å². The molecule has 0 spiro atoms. The van der Waals surface area contributed by atoms with Crippen LogP contribution in [-0.4, -0.2) is 16.5 Å². The van der Waals surface area contributed by atoms with Crippen LogP contribution >= 0.6 is 12.6 Å². The van der Waals surface area contributed by atoms with Gasteiger partial charge in [-0.15, -0.1) is 0 Å². The van der Waals surface area contributed by atoms with Crippen molar-refractivity contribution in [2.45, 2.75) is 89.4 Å². The van der Waals surface area contributed by atoms with Gasteiger partial charge in [0.2, 0.25) is 0 Å². The SMILES string of the molecule is CCCCCCCCCCC(O)C(S)CC. The zero-order valence-electron chi connectivity index (χ0n) is 11.1. The van der Waals surface area contributed by atoms with Gasteiger partial charge in [-0.1, -0.05) is 65.2 Å². The lowest BCUT2D eigenvalue weighted by molar-refractivity contribution is 0.156. The summed E-state index contributed by atoms with van der Waals surface area (Å²) in [6, 6.07) is 0. The quantitative estimate of drug-likeness (QED) is 0.404. The molecule has 2 atom stereocenters. The first-order valence-electron chi connectivity index (χ1n) is 7.08. The summed E-state index contributed by atoms with van der Waals surface area (Å²) >= 11 is 4.36. The summed E-state index contributed by atoms with van der Waals surface area (Å²) in [4.78, 5) is 0. The predicted octanol–water partition coefficient (Wildman–Crippen LogP) is 4.59. The molecule has 0 amide bonds. The Morgan fingerprint density at radius 1 is 0.875 bits per heavy atom. The van der Waals surface area contributed by atoms with Crippen LogP contribution in [0.25, 0.3) is 0 Å². The summed E-state index contributed by atoms with van der Waals surface area (Å²) in [6.45, 7) is 4.33. The lowest BCUT2D eigenvalue weighted by atomic mass is 10.0. The molecule has 0 saturated heterocycles. The van der Waals surface area contributed by atoms with Crippen LogP contribution in [0.15, 0.2) is 0 Å². The predicted molar refractivity (Wildman–Crippen MR) is 76.3 cm³/mol. The molecule has 0 aromatic rings. The van der Waals surface area contributed by atoms with E-state index in [4.69, 9.17) is 0 Å². The van der Waals surface area contributed by atoms with Gasteiger partial charge in [-0.2, -0.15) is 12.6 Å². The van der Waals surface area contributed by atoms with Gasteiger partial charge < -0.3 is 5.11 Å². The minimum absolute atomic E-state index is 0.171. The minimum atomic E-state index is -0.201. The van der Waals surface area contributed by atoms with E-state index in [0.717, 1.165) is 19.3 Å². The molecule has 0 rings (SSSR count). The summed E-state index contributed by atoms with van der Waals surface area (Å²) in [5.41, 5.74) is 0. The zero-order chi connectivity index (χ0) is 12.2. The molecule has 2 heteroatoms. The highest BCUT2D eigenvalue weighted by atomic mass is 32.1. The second-order valence-corrected chi connectivity index (χ2v) is 5.47. The minimum Gasteiger partial charge on any atom is -0.392 e. The molecule has 0 saturated carbocycles. The average Bonchev–Trinajstić information content (AvgIpc) is 2.31. The van der Waals surface area contributed by atoms with E-state index in [1.807, 2.05) is 0 Å². The molecule has 0 radical (unpaired) electrons. The number of hydrogen-bond acceptors (Lipinski definition) is 2.